The Morgan fingerprint density at radius 2 is 1.48 bits per heavy atom. The molecule has 134 valence electrons. The summed E-state index contributed by atoms with van der Waals surface area (Å²) in [6.07, 6.45) is 1.94. The summed E-state index contributed by atoms with van der Waals surface area (Å²) in [4.78, 5) is 0.366. The summed E-state index contributed by atoms with van der Waals surface area (Å²) in [5.74, 6) is -0.0931. The van der Waals surface area contributed by atoms with Gasteiger partial charge in [0.05, 0.1) is 10.4 Å². The minimum Gasteiger partial charge on any atom is -0.207 e. The number of allylic oxidation sites excluding steroid dienone is 1. The summed E-state index contributed by atoms with van der Waals surface area (Å²) in [6, 6.07) is 25.6. The van der Waals surface area contributed by atoms with Crippen molar-refractivity contribution in [1.82, 2.24) is 4.72 Å². The van der Waals surface area contributed by atoms with Gasteiger partial charge in [0.25, 0.3) is 0 Å². The number of hydrogen-bond donors (Lipinski definition) is 1. The lowest BCUT2D eigenvalue weighted by atomic mass is 9.72. The zero-order valence-electron chi connectivity index (χ0n) is 14.7. The van der Waals surface area contributed by atoms with Gasteiger partial charge in [0, 0.05) is 11.8 Å². The largest absolute Gasteiger partial charge is 0.242 e. The van der Waals surface area contributed by atoms with E-state index in [2.05, 4.69) is 29.5 Å². The first-order valence-electron chi connectivity index (χ1n) is 9.00. The van der Waals surface area contributed by atoms with Gasteiger partial charge < -0.3 is 0 Å². The first-order valence-corrected chi connectivity index (χ1v) is 10.5. The van der Waals surface area contributed by atoms with E-state index in [4.69, 9.17) is 0 Å². The van der Waals surface area contributed by atoms with Gasteiger partial charge in [0.15, 0.2) is 0 Å². The Kier molecular flexibility index (Phi) is 3.45. The maximum absolute atomic E-state index is 13.1. The molecule has 1 aliphatic heterocycles. The molecule has 3 aromatic rings. The van der Waals surface area contributed by atoms with E-state index in [-0.39, 0.29) is 11.8 Å². The van der Waals surface area contributed by atoms with Gasteiger partial charge in [-0.3, -0.25) is 0 Å². The van der Waals surface area contributed by atoms with Crippen LogP contribution in [0.15, 0.2) is 96.4 Å². The lowest BCUT2D eigenvalue weighted by molar-refractivity contribution is 0.405. The van der Waals surface area contributed by atoms with Crippen LogP contribution in [0.3, 0.4) is 0 Å². The fourth-order valence-corrected chi connectivity index (χ4v) is 6.58. The van der Waals surface area contributed by atoms with Crippen molar-refractivity contribution in [3.05, 3.63) is 114 Å². The molecular weight excluding hydrogens is 354 g/mol. The van der Waals surface area contributed by atoms with Crippen LogP contribution in [-0.4, -0.2) is 8.42 Å². The third kappa shape index (κ3) is 2.08. The first kappa shape index (κ1) is 16.5. The zero-order valence-corrected chi connectivity index (χ0v) is 15.5. The van der Waals surface area contributed by atoms with Crippen LogP contribution in [0.5, 0.6) is 0 Å². The number of sulfonamides is 1. The SMILES string of the molecule is C=C[C@@H]1c2ccccc2[C@]2(NS(=O)(=O)c3ccccc32)[C@H]1c1ccccc1. The van der Waals surface area contributed by atoms with Gasteiger partial charge in [-0.05, 0) is 28.3 Å². The van der Waals surface area contributed by atoms with Crippen molar-refractivity contribution in [3.8, 4) is 0 Å². The third-order valence-electron chi connectivity index (χ3n) is 5.88. The molecule has 3 atom stereocenters. The average Bonchev–Trinajstić information content (AvgIpc) is 3.12. The van der Waals surface area contributed by atoms with Crippen LogP contribution in [0.4, 0.5) is 0 Å². The molecule has 5 rings (SSSR count). The molecule has 0 aromatic heterocycles. The van der Waals surface area contributed by atoms with Crippen molar-refractivity contribution in [2.24, 2.45) is 0 Å². The Balaban J connectivity index is 1.91. The molecule has 0 amide bonds. The zero-order chi connectivity index (χ0) is 18.6. The smallest absolute Gasteiger partial charge is 0.207 e. The van der Waals surface area contributed by atoms with Gasteiger partial charge in [0.2, 0.25) is 10.0 Å². The summed E-state index contributed by atoms with van der Waals surface area (Å²) in [5.41, 5.74) is 3.22. The molecule has 0 radical (unpaired) electrons. The minimum absolute atomic E-state index is 0.0115. The van der Waals surface area contributed by atoms with Crippen molar-refractivity contribution in [1.29, 1.82) is 0 Å². The summed E-state index contributed by atoms with van der Waals surface area (Å²) in [7, 11) is -3.60. The van der Waals surface area contributed by atoms with Crippen LogP contribution < -0.4 is 4.72 Å². The van der Waals surface area contributed by atoms with E-state index in [1.807, 2.05) is 54.6 Å². The second-order valence-electron chi connectivity index (χ2n) is 7.15. The molecule has 3 nitrogen and oxygen atoms in total. The fraction of sp³-hybridized carbons (Fsp3) is 0.130. The summed E-state index contributed by atoms with van der Waals surface area (Å²) >= 11 is 0. The quantitative estimate of drug-likeness (QED) is 0.681. The fourth-order valence-electron chi connectivity index (χ4n) is 4.92. The Hall–Kier alpha value is -2.69. The number of hydrogen-bond acceptors (Lipinski definition) is 2. The number of fused-ring (bicyclic) bond motifs is 4. The van der Waals surface area contributed by atoms with Crippen molar-refractivity contribution in [2.75, 3.05) is 0 Å². The highest BCUT2D eigenvalue weighted by Crippen LogP contribution is 2.60. The Morgan fingerprint density at radius 1 is 0.852 bits per heavy atom. The van der Waals surface area contributed by atoms with Gasteiger partial charge in [-0.2, -0.15) is 4.72 Å². The van der Waals surface area contributed by atoms with E-state index in [1.54, 1.807) is 12.1 Å². The second-order valence-corrected chi connectivity index (χ2v) is 8.80. The van der Waals surface area contributed by atoms with Gasteiger partial charge in [0.1, 0.15) is 0 Å². The maximum Gasteiger partial charge on any atom is 0.242 e. The molecule has 0 saturated heterocycles. The van der Waals surface area contributed by atoms with Gasteiger partial charge in [-0.15, -0.1) is 6.58 Å². The van der Waals surface area contributed by atoms with Crippen molar-refractivity contribution < 1.29 is 8.42 Å². The van der Waals surface area contributed by atoms with E-state index in [1.165, 1.54) is 0 Å². The van der Waals surface area contributed by atoms with Crippen LogP contribution in [0.25, 0.3) is 0 Å². The minimum atomic E-state index is -3.60. The lowest BCUT2D eigenvalue weighted by Crippen LogP contribution is -2.43. The topological polar surface area (TPSA) is 46.2 Å². The predicted octanol–water partition coefficient (Wildman–Crippen LogP) is 4.29. The molecule has 4 heteroatoms. The van der Waals surface area contributed by atoms with Gasteiger partial charge in [-0.25, -0.2) is 8.42 Å². The van der Waals surface area contributed by atoms with Crippen LogP contribution in [0, 0.1) is 0 Å². The highest BCUT2D eigenvalue weighted by atomic mass is 32.2. The van der Waals surface area contributed by atoms with Crippen molar-refractivity contribution in [3.63, 3.8) is 0 Å². The molecule has 3 aromatic carbocycles. The standard InChI is InChI=1S/C23H19NO2S/c1-2-17-18-12-6-7-13-19(18)23(22(17)16-10-4-3-5-11-16)20-14-8-9-15-21(20)27(25,26)24-23/h2-15,17,22,24H,1H2/t17-,22+,23-/m1/s1. The average molecular weight is 373 g/mol. The molecule has 0 fully saturated rings. The summed E-state index contributed by atoms with van der Waals surface area (Å²) < 4.78 is 29.2. The highest BCUT2D eigenvalue weighted by molar-refractivity contribution is 7.89. The third-order valence-corrected chi connectivity index (χ3v) is 7.41. The number of nitrogens with one attached hydrogen (secondary N) is 1. The molecule has 0 bridgehead atoms. The molecule has 0 saturated carbocycles. The van der Waals surface area contributed by atoms with E-state index < -0.39 is 15.6 Å². The molecule has 27 heavy (non-hydrogen) atoms. The van der Waals surface area contributed by atoms with Crippen molar-refractivity contribution in [2.45, 2.75) is 22.3 Å². The van der Waals surface area contributed by atoms with Crippen LogP contribution in [0.2, 0.25) is 0 Å². The predicted molar refractivity (Wildman–Crippen MR) is 106 cm³/mol. The lowest BCUT2D eigenvalue weighted by Gasteiger charge is -2.35. The van der Waals surface area contributed by atoms with Crippen molar-refractivity contribution >= 4 is 10.0 Å². The normalized spacial score (nSPS) is 27.3. The van der Waals surface area contributed by atoms with Crippen LogP contribution >= 0.6 is 0 Å². The monoisotopic (exact) mass is 373 g/mol. The molecule has 1 heterocycles. The molecular formula is C23H19NO2S. The van der Waals surface area contributed by atoms with Gasteiger partial charge in [-0.1, -0.05) is 78.9 Å². The second kappa shape index (κ2) is 5.65. The number of rotatable bonds is 2. The van der Waals surface area contributed by atoms with Gasteiger partial charge >= 0.3 is 0 Å². The highest BCUT2D eigenvalue weighted by Gasteiger charge is 2.59. The van der Waals surface area contributed by atoms with Crippen LogP contribution in [0.1, 0.15) is 34.1 Å². The molecule has 0 unspecified atom stereocenters. The molecule has 1 N–H and O–H groups in total. The Bertz CT molecular complexity index is 1150. The van der Waals surface area contributed by atoms with Crippen LogP contribution in [-0.2, 0) is 15.6 Å². The molecule has 1 spiro atoms. The Labute approximate surface area is 159 Å². The molecule has 1 aliphatic carbocycles. The maximum atomic E-state index is 13.1. The van der Waals surface area contributed by atoms with E-state index in [0.717, 1.165) is 22.3 Å². The summed E-state index contributed by atoms with van der Waals surface area (Å²) in [6.45, 7) is 4.09. The Morgan fingerprint density at radius 3 is 2.22 bits per heavy atom. The van der Waals surface area contributed by atoms with E-state index in [0.29, 0.717) is 4.90 Å². The number of benzene rings is 3. The summed E-state index contributed by atoms with van der Waals surface area (Å²) in [5, 5.41) is 0. The molecule has 2 aliphatic rings. The first-order chi connectivity index (χ1) is 13.1. The van der Waals surface area contributed by atoms with E-state index >= 15 is 0 Å². The van der Waals surface area contributed by atoms with E-state index in [9.17, 15) is 8.42 Å².